The van der Waals surface area contributed by atoms with Crippen molar-refractivity contribution >= 4 is 0 Å². The minimum absolute atomic E-state index is 0. The molecule has 0 amide bonds. The van der Waals surface area contributed by atoms with Crippen LogP contribution >= 0.6 is 0 Å². The smallest absolute Gasteiger partial charge is 0 e. The van der Waals surface area contributed by atoms with Gasteiger partial charge >= 0.3 is 0 Å². The summed E-state index contributed by atoms with van der Waals surface area (Å²) in [6, 6.07) is 0. The van der Waals surface area contributed by atoms with Gasteiger partial charge in [-0.3, -0.25) is 0 Å². The van der Waals surface area contributed by atoms with Crippen LogP contribution in [0.25, 0.3) is 0 Å². The van der Waals surface area contributed by atoms with Crippen LogP contribution in [-0.4, -0.2) is 27.4 Å². The summed E-state index contributed by atoms with van der Waals surface area (Å²) in [5.41, 5.74) is 0. The third-order valence-electron chi connectivity index (χ3n) is 0. The van der Waals surface area contributed by atoms with Crippen molar-refractivity contribution in [1.82, 2.24) is 0 Å². The van der Waals surface area contributed by atoms with E-state index < -0.39 is 0 Å². The maximum absolute atomic E-state index is 0. The zero-order valence-corrected chi connectivity index (χ0v) is 22.7. The summed E-state index contributed by atoms with van der Waals surface area (Å²) in [5.74, 6) is 0. The Bertz CT molecular complexity index is 14.9. The summed E-state index contributed by atoms with van der Waals surface area (Å²) in [5, 5.41) is 0. The topological polar surface area (TPSA) is 158 Å². The van der Waals surface area contributed by atoms with Crippen molar-refractivity contribution < 1.29 is 236 Å². The van der Waals surface area contributed by atoms with Gasteiger partial charge in [0, 0.05) is 208 Å². The molecule has 0 aliphatic carbocycles. The Morgan fingerprint density at radius 1 is 0.118 bits per heavy atom. The van der Waals surface area contributed by atoms with Crippen LogP contribution in [0.15, 0.2) is 0 Å². The molecule has 0 aromatic rings. The quantitative estimate of drug-likeness (QED) is 0.239. The van der Waals surface area contributed by atoms with Crippen molar-refractivity contribution in [2.45, 2.75) is 0 Å². The van der Waals surface area contributed by atoms with Gasteiger partial charge in [0.05, 0.1) is 0 Å². The maximum Gasteiger partial charge on any atom is 0 e. The van der Waals surface area contributed by atoms with E-state index >= 15 is 0 Å². The van der Waals surface area contributed by atoms with Crippen LogP contribution in [0.4, 0.5) is 0 Å². The molecule has 0 bridgehead atoms. The summed E-state index contributed by atoms with van der Waals surface area (Å²) < 4.78 is 0. The predicted molar refractivity (Wildman–Crippen MR) is 18.1 cm³/mol. The second-order valence-corrected chi connectivity index (χ2v) is 0. The number of rotatable bonds is 0. The van der Waals surface area contributed by atoms with Crippen LogP contribution in [0.5, 0.6) is 0 Å². The van der Waals surface area contributed by atoms with Crippen LogP contribution in [0.3, 0.4) is 0 Å². The normalized spacial score (nSPS) is 0. The van der Waals surface area contributed by atoms with Gasteiger partial charge in [-0.15, -0.1) is 0 Å². The summed E-state index contributed by atoms with van der Waals surface area (Å²) in [6.45, 7) is 0. The fourth-order valence-corrected chi connectivity index (χ4v) is 0. The molecule has 0 aromatic carbocycles. The molecule has 17 heavy (non-hydrogen) atoms. The molecule has 0 unspecified atom stereocenters. The first-order chi connectivity index (χ1) is 0. The van der Waals surface area contributed by atoms with Gasteiger partial charge < -0.3 is 27.4 Å². The molecule has 0 fully saturated rings. The molecular formula is H10Cr12O5. The Kier molecular flexibility index (Phi) is 4560. The Labute approximate surface area is 231 Å². The fourth-order valence-electron chi connectivity index (χ4n) is 0. The van der Waals surface area contributed by atoms with Crippen LogP contribution in [-0.2, 0) is 208 Å². The van der Waals surface area contributed by atoms with Crippen molar-refractivity contribution in [3.63, 3.8) is 0 Å². The maximum atomic E-state index is 0. The molecule has 112 valence electrons. The zero-order chi connectivity index (χ0) is 0. The Morgan fingerprint density at radius 2 is 0.118 bits per heavy atom. The van der Waals surface area contributed by atoms with Gasteiger partial charge in [0.2, 0.25) is 0 Å². The molecule has 17 heteroatoms. The van der Waals surface area contributed by atoms with Gasteiger partial charge in [-0.05, 0) is 0 Å². The Balaban J connectivity index is 0. The van der Waals surface area contributed by atoms with E-state index in [0.29, 0.717) is 0 Å². The van der Waals surface area contributed by atoms with Crippen LogP contribution < -0.4 is 0 Å². The molecule has 0 saturated carbocycles. The van der Waals surface area contributed by atoms with E-state index in [-0.39, 0.29) is 236 Å². The van der Waals surface area contributed by atoms with E-state index in [0.717, 1.165) is 0 Å². The third-order valence-corrected chi connectivity index (χ3v) is 0. The van der Waals surface area contributed by atoms with E-state index in [4.69, 9.17) is 0 Å². The van der Waals surface area contributed by atoms with Gasteiger partial charge in [0.25, 0.3) is 0 Å². The van der Waals surface area contributed by atoms with E-state index in [1.165, 1.54) is 0 Å². The SMILES string of the molecule is O.O.O.O.O.[Cr].[Cr].[Cr].[Cr].[Cr].[Cr].[Cr].[Cr].[Cr].[Cr].[Cr].[Cr]. The third kappa shape index (κ3) is 236. The second kappa shape index (κ2) is 260. The molecule has 0 heterocycles. The molecule has 0 radical (unpaired) electrons. The van der Waals surface area contributed by atoms with E-state index in [1.807, 2.05) is 0 Å². The average Bonchev–Trinajstić information content (AvgIpc) is 0. The van der Waals surface area contributed by atoms with Crippen molar-refractivity contribution in [2.75, 3.05) is 0 Å². The Hall–Kier alpha value is 6.19. The first-order valence-electron chi connectivity index (χ1n) is 0. The molecule has 0 saturated heterocycles. The minimum Gasteiger partial charge on any atom is -0.412 e. The molecule has 0 spiro atoms. The summed E-state index contributed by atoms with van der Waals surface area (Å²) in [7, 11) is 0. The number of hydrogen-bond donors (Lipinski definition) is 0. The molecule has 5 nitrogen and oxygen atoms in total. The monoisotopic (exact) mass is 713 g/mol. The Morgan fingerprint density at radius 3 is 0.118 bits per heavy atom. The summed E-state index contributed by atoms with van der Waals surface area (Å²) in [4.78, 5) is 0. The average molecular weight is 714 g/mol. The standard InChI is InChI=1S/12Cr.5H2O/h;;;;;;;;;;;;5*1H2. The number of hydrogen-bond acceptors (Lipinski definition) is 0. The molecule has 0 rings (SSSR count). The van der Waals surface area contributed by atoms with Crippen molar-refractivity contribution in [2.24, 2.45) is 0 Å². The van der Waals surface area contributed by atoms with Gasteiger partial charge in [-0.2, -0.15) is 0 Å². The van der Waals surface area contributed by atoms with E-state index in [2.05, 4.69) is 0 Å². The first kappa shape index (κ1) is 298. The largest absolute Gasteiger partial charge is 0.412 e. The van der Waals surface area contributed by atoms with E-state index in [1.54, 1.807) is 0 Å². The van der Waals surface area contributed by atoms with Gasteiger partial charge in [0.15, 0.2) is 0 Å². The van der Waals surface area contributed by atoms with Crippen LogP contribution in [0.1, 0.15) is 0 Å². The van der Waals surface area contributed by atoms with Crippen molar-refractivity contribution in [3.8, 4) is 0 Å². The van der Waals surface area contributed by atoms with Gasteiger partial charge in [0.1, 0.15) is 0 Å². The van der Waals surface area contributed by atoms with Gasteiger partial charge in [-0.25, -0.2) is 0 Å². The molecule has 10 N–H and O–H groups in total. The second-order valence-electron chi connectivity index (χ2n) is 0. The van der Waals surface area contributed by atoms with E-state index in [9.17, 15) is 0 Å². The molecule has 0 aromatic heterocycles. The summed E-state index contributed by atoms with van der Waals surface area (Å²) in [6.07, 6.45) is 0. The molecule has 0 aliphatic rings. The van der Waals surface area contributed by atoms with Gasteiger partial charge in [-0.1, -0.05) is 0 Å². The minimum atomic E-state index is 0. The molecule has 0 atom stereocenters. The fraction of sp³-hybridized carbons (Fsp3) is 0. The summed E-state index contributed by atoms with van der Waals surface area (Å²) >= 11 is 0. The molecular weight excluding hydrogens is 704 g/mol. The molecule has 0 aliphatic heterocycles. The zero-order valence-electron chi connectivity index (χ0n) is 7.40. The van der Waals surface area contributed by atoms with Crippen molar-refractivity contribution in [1.29, 1.82) is 0 Å². The van der Waals surface area contributed by atoms with Crippen LogP contribution in [0, 0.1) is 0 Å². The first-order valence-corrected chi connectivity index (χ1v) is 0. The van der Waals surface area contributed by atoms with Crippen LogP contribution in [0.2, 0.25) is 0 Å². The predicted octanol–water partition coefficient (Wildman–Crippen LogP) is -4.15. The van der Waals surface area contributed by atoms with Crippen molar-refractivity contribution in [3.05, 3.63) is 0 Å².